The van der Waals surface area contributed by atoms with Crippen LogP contribution in [0.3, 0.4) is 0 Å². The fraction of sp³-hybridized carbons (Fsp3) is 0.125. The number of aryl methyl sites for hydroxylation is 2. The van der Waals surface area contributed by atoms with Crippen LogP contribution >= 0.6 is 0 Å². The van der Waals surface area contributed by atoms with E-state index in [-0.39, 0.29) is 11.5 Å². The molecule has 0 saturated heterocycles. The molecule has 0 aliphatic carbocycles. The monoisotopic (exact) mass is 385 g/mol. The minimum absolute atomic E-state index is 0.150. The molecule has 0 fully saturated rings. The first kappa shape index (κ1) is 20.0. The van der Waals surface area contributed by atoms with Crippen molar-refractivity contribution in [2.75, 3.05) is 12.5 Å². The standard InChI is InChI=1S/C24H23N3O2/c1-17-9-14-22(15-18(17)2)26-27-23(16-25-29-3)24(28)21-12-10-20(11-13-21)19-7-5-4-6-8-19/h4-16,26H,1-3H3/b25-16+,27-23+. The number of nitrogens with zero attached hydrogens (tertiary/aromatic N) is 2. The second-order valence-electron chi connectivity index (χ2n) is 6.60. The molecule has 0 aliphatic heterocycles. The first-order chi connectivity index (χ1) is 14.1. The molecular weight excluding hydrogens is 362 g/mol. The van der Waals surface area contributed by atoms with Crippen LogP contribution in [0.15, 0.2) is 83.1 Å². The Balaban J connectivity index is 1.83. The van der Waals surface area contributed by atoms with E-state index in [0.29, 0.717) is 5.56 Å². The van der Waals surface area contributed by atoms with Gasteiger partial charge in [-0.05, 0) is 48.2 Å². The lowest BCUT2D eigenvalue weighted by molar-refractivity contribution is 0.106. The number of benzene rings is 3. The highest BCUT2D eigenvalue weighted by atomic mass is 16.6. The van der Waals surface area contributed by atoms with E-state index in [1.54, 1.807) is 12.1 Å². The zero-order valence-electron chi connectivity index (χ0n) is 16.7. The number of nitrogens with one attached hydrogen (secondary N) is 1. The second-order valence-corrected chi connectivity index (χ2v) is 6.60. The van der Waals surface area contributed by atoms with Gasteiger partial charge in [0.2, 0.25) is 5.78 Å². The Labute approximate surface area is 170 Å². The van der Waals surface area contributed by atoms with Gasteiger partial charge in [-0.3, -0.25) is 10.2 Å². The summed E-state index contributed by atoms with van der Waals surface area (Å²) in [6.45, 7) is 4.07. The Bertz CT molecular complexity index is 1040. The Hall–Kier alpha value is -3.73. The van der Waals surface area contributed by atoms with E-state index in [1.807, 2.05) is 74.5 Å². The van der Waals surface area contributed by atoms with Gasteiger partial charge in [-0.2, -0.15) is 5.10 Å². The molecule has 3 aromatic rings. The highest BCUT2D eigenvalue weighted by molar-refractivity contribution is 6.64. The van der Waals surface area contributed by atoms with Crippen molar-refractivity contribution in [2.45, 2.75) is 13.8 Å². The van der Waals surface area contributed by atoms with Crippen LogP contribution in [0, 0.1) is 13.8 Å². The van der Waals surface area contributed by atoms with Crippen LogP contribution in [0.5, 0.6) is 0 Å². The van der Waals surface area contributed by atoms with Crippen LogP contribution in [0.1, 0.15) is 21.5 Å². The summed E-state index contributed by atoms with van der Waals surface area (Å²) in [5, 5.41) is 7.96. The summed E-state index contributed by atoms with van der Waals surface area (Å²) in [6, 6.07) is 23.3. The number of anilines is 1. The van der Waals surface area contributed by atoms with E-state index >= 15 is 0 Å². The molecule has 0 unspecified atom stereocenters. The summed E-state index contributed by atoms with van der Waals surface area (Å²) in [7, 11) is 1.42. The summed E-state index contributed by atoms with van der Waals surface area (Å²) in [5.41, 5.74) is 8.86. The third kappa shape index (κ3) is 5.17. The first-order valence-electron chi connectivity index (χ1n) is 9.26. The molecule has 0 heterocycles. The molecule has 5 nitrogen and oxygen atoms in total. The van der Waals surface area contributed by atoms with E-state index in [2.05, 4.69) is 15.7 Å². The molecule has 3 rings (SSSR count). The average Bonchev–Trinajstić information content (AvgIpc) is 2.76. The molecule has 146 valence electrons. The first-order valence-corrected chi connectivity index (χ1v) is 9.26. The summed E-state index contributed by atoms with van der Waals surface area (Å²) < 4.78 is 0. The topological polar surface area (TPSA) is 63.1 Å². The van der Waals surface area contributed by atoms with Crippen LogP contribution in [0.4, 0.5) is 5.69 Å². The summed E-state index contributed by atoms with van der Waals surface area (Å²) in [5.74, 6) is -0.248. The van der Waals surface area contributed by atoms with E-state index in [4.69, 9.17) is 4.84 Å². The fourth-order valence-electron chi connectivity index (χ4n) is 2.77. The Morgan fingerprint density at radius 2 is 1.59 bits per heavy atom. The largest absolute Gasteiger partial charge is 0.399 e. The highest BCUT2D eigenvalue weighted by Crippen LogP contribution is 2.19. The highest BCUT2D eigenvalue weighted by Gasteiger charge is 2.13. The summed E-state index contributed by atoms with van der Waals surface area (Å²) in [4.78, 5) is 17.7. The molecule has 0 radical (unpaired) electrons. The van der Waals surface area contributed by atoms with E-state index in [1.165, 1.54) is 18.9 Å². The minimum atomic E-state index is -0.248. The number of carbonyl (C=O) groups is 1. The lowest BCUT2D eigenvalue weighted by Crippen LogP contribution is -2.18. The van der Waals surface area contributed by atoms with Crippen LogP contribution < -0.4 is 5.43 Å². The number of Topliss-reactive ketones (excluding diaryl/α,β-unsaturated/α-hetero) is 1. The van der Waals surface area contributed by atoms with Crippen molar-refractivity contribution in [3.05, 3.63) is 89.5 Å². The van der Waals surface area contributed by atoms with Crippen LogP contribution in [-0.2, 0) is 4.84 Å². The second kappa shape index (κ2) is 9.46. The lowest BCUT2D eigenvalue weighted by atomic mass is 10.0. The molecule has 3 aromatic carbocycles. The third-order valence-electron chi connectivity index (χ3n) is 4.58. The normalized spacial score (nSPS) is 11.5. The van der Waals surface area contributed by atoms with Crippen molar-refractivity contribution in [3.8, 4) is 11.1 Å². The van der Waals surface area contributed by atoms with Gasteiger partial charge in [0.1, 0.15) is 7.11 Å². The molecule has 0 spiro atoms. The molecule has 0 amide bonds. The van der Waals surface area contributed by atoms with E-state index < -0.39 is 0 Å². The molecule has 0 aromatic heterocycles. The lowest BCUT2D eigenvalue weighted by Gasteiger charge is -2.07. The quantitative estimate of drug-likeness (QED) is 0.343. The number of oxime groups is 1. The third-order valence-corrected chi connectivity index (χ3v) is 4.58. The Morgan fingerprint density at radius 1 is 0.897 bits per heavy atom. The van der Waals surface area contributed by atoms with Crippen molar-refractivity contribution in [1.82, 2.24) is 0 Å². The van der Waals surface area contributed by atoms with Gasteiger partial charge in [-0.15, -0.1) is 0 Å². The van der Waals surface area contributed by atoms with Crippen LogP contribution in [0.2, 0.25) is 0 Å². The summed E-state index contributed by atoms with van der Waals surface area (Å²) in [6.07, 6.45) is 1.31. The van der Waals surface area contributed by atoms with Crippen molar-refractivity contribution in [2.24, 2.45) is 10.3 Å². The van der Waals surface area contributed by atoms with E-state index in [0.717, 1.165) is 22.4 Å². The van der Waals surface area contributed by atoms with Gasteiger partial charge in [-0.1, -0.05) is 65.8 Å². The van der Waals surface area contributed by atoms with Gasteiger partial charge in [0, 0.05) is 5.56 Å². The molecule has 0 aliphatic rings. The van der Waals surface area contributed by atoms with Gasteiger partial charge in [-0.25, -0.2) is 0 Å². The SMILES string of the molecule is CO/N=C/C(=N\Nc1ccc(C)c(C)c1)C(=O)c1ccc(-c2ccccc2)cc1. The average molecular weight is 385 g/mol. The number of carbonyl (C=O) groups excluding carboxylic acids is 1. The van der Waals surface area contributed by atoms with Gasteiger partial charge in [0.25, 0.3) is 0 Å². The number of rotatable bonds is 7. The predicted molar refractivity (Wildman–Crippen MR) is 119 cm³/mol. The summed E-state index contributed by atoms with van der Waals surface area (Å²) >= 11 is 0. The van der Waals surface area contributed by atoms with Crippen molar-refractivity contribution in [1.29, 1.82) is 0 Å². The van der Waals surface area contributed by atoms with Gasteiger partial charge >= 0.3 is 0 Å². The smallest absolute Gasteiger partial charge is 0.214 e. The Kier molecular flexibility index (Phi) is 6.53. The van der Waals surface area contributed by atoms with E-state index in [9.17, 15) is 4.79 Å². The number of hydrazone groups is 1. The predicted octanol–water partition coefficient (Wildman–Crippen LogP) is 5.25. The molecular formula is C24H23N3O2. The molecule has 0 bridgehead atoms. The Morgan fingerprint density at radius 3 is 2.24 bits per heavy atom. The number of ketones is 1. The zero-order valence-corrected chi connectivity index (χ0v) is 16.7. The van der Waals surface area contributed by atoms with Crippen molar-refractivity contribution < 1.29 is 9.63 Å². The maximum Gasteiger partial charge on any atom is 0.214 e. The molecule has 0 atom stereocenters. The van der Waals surface area contributed by atoms with Crippen molar-refractivity contribution in [3.63, 3.8) is 0 Å². The number of hydrogen-bond acceptors (Lipinski definition) is 5. The zero-order chi connectivity index (χ0) is 20.6. The molecule has 0 saturated carbocycles. The minimum Gasteiger partial charge on any atom is -0.399 e. The number of hydrogen-bond donors (Lipinski definition) is 1. The van der Waals surface area contributed by atoms with Crippen molar-refractivity contribution >= 4 is 23.4 Å². The van der Waals surface area contributed by atoms with Gasteiger partial charge in [0.05, 0.1) is 11.9 Å². The molecule has 29 heavy (non-hydrogen) atoms. The molecule has 5 heteroatoms. The fourth-order valence-corrected chi connectivity index (χ4v) is 2.77. The van der Waals surface area contributed by atoms with Crippen LogP contribution in [-0.4, -0.2) is 24.8 Å². The maximum atomic E-state index is 12.9. The van der Waals surface area contributed by atoms with Gasteiger partial charge < -0.3 is 4.84 Å². The molecule has 1 N–H and O–H groups in total. The van der Waals surface area contributed by atoms with Gasteiger partial charge in [0.15, 0.2) is 5.71 Å². The maximum absolute atomic E-state index is 12.9. The van der Waals surface area contributed by atoms with Crippen LogP contribution in [0.25, 0.3) is 11.1 Å².